The first-order valence-electron chi connectivity index (χ1n) is 16.9. The van der Waals surface area contributed by atoms with Crippen molar-refractivity contribution in [2.45, 2.75) is 19.3 Å². The van der Waals surface area contributed by atoms with Crippen LogP contribution in [0.25, 0.3) is 9.69 Å². The van der Waals surface area contributed by atoms with E-state index in [1.807, 2.05) is 24.3 Å². The summed E-state index contributed by atoms with van der Waals surface area (Å²) < 4.78 is 16.9. The molecule has 0 bridgehead atoms. The van der Waals surface area contributed by atoms with Crippen molar-refractivity contribution in [2.24, 2.45) is 0 Å². The zero-order valence-electron chi connectivity index (χ0n) is 28.3. The largest absolute Gasteiger partial charge is 0.494 e. The van der Waals surface area contributed by atoms with Crippen molar-refractivity contribution in [2.75, 3.05) is 91.1 Å². The molecule has 3 aromatic carbocycles. The molecular formula is C38H48ClN7O3. The molecule has 2 aliphatic heterocycles. The Morgan fingerprint density at radius 3 is 1.31 bits per heavy atom. The van der Waals surface area contributed by atoms with Crippen LogP contribution in [-0.4, -0.2) is 101 Å². The van der Waals surface area contributed by atoms with Gasteiger partial charge in [0.25, 0.3) is 0 Å². The quantitative estimate of drug-likeness (QED) is 0.115. The van der Waals surface area contributed by atoms with Crippen molar-refractivity contribution >= 4 is 23.0 Å². The van der Waals surface area contributed by atoms with Crippen LogP contribution >= 0.6 is 11.6 Å². The fourth-order valence-corrected chi connectivity index (χ4v) is 5.01. The van der Waals surface area contributed by atoms with Gasteiger partial charge in [-0.2, -0.15) is 5.26 Å². The van der Waals surface area contributed by atoms with Crippen LogP contribution in [0.5, 0.6) is 17.2 Å². The highest BCUT2D eigenvalue weighted by Gasteiger charge is 2.16. The molecule has 5 rings (SSSR count). The van der Waals surface area contributed by atoms with E-state index in [2.05, 4.69) is 36.2 Å². The van der Waals surface area contributed by atoms with Gasteiger partial charge in [-0.1, -0.05) is 24.3 Å². The van der Waals surface area contributed by atoms with Crippen molar-refractivity contribution < 1.29 is 14.2 Å². The van der Waals surface area contributed by atoms with E-state index in [4.69, 9.17) is 44.2 Å². The normalized spacial score (nSPS) is 14.3. The lowest BCUT2D eigenvalue weighted by molar-refractivity contribution is 0.120. The molecule has 0 radical (unpaired) electrons. The monoisotopic (exact) mass is 685 g/mol. The molecule has 0 unspecified atom stereocenters. The number of piperazine rings is 2. The standard InChI is InChI=1S/C24H28N4O2.C10H10ClNO.C4H10N2/c1-26-22-6-10-24(11-7-22)30-19-3-13-28-16-14-27(15-17-28)12-2-18-29-23-8-4-21(20-25)5-9-23;1-12-9-3-5-10(6-4-9)13-8-2-7-11;1-2-6-4-3-5-1/h4-11H,2-3,12-19H2;3-6H,2,7-8H2;5-6H,1-4H2. The van der Waals surface area contributed by atoms with Gasteiger partial charge in [0.15, 0.2) is 11.4 Å². The predicted octanol–water partition coefficient (Wildman–Crippen LogP) is 6.39. The summed E-state index contributed by atoms with van der Waals surface area (Å²) in [7, 11) is 0. The molecule has 0 spiro atoms. The summed E-state index contributed by atoms with van der Waals surface area (Å²) in [6.45, 7) is 26.8. The average Bonchev–Trinajstić information content (AvgIpc) is 3.18. The van der Waals surface area contributed by atoms with Crippen LogP contribution in [0.3, 0.4) is 0 Å². The summed E-state index contributed by atoms with van der Waals surface area (Å²) in [5.74, 6) is 3.05. The highest BCUT2D eigenvalue weighted by Crippen LogP contribution is 2.19. The molecule has 0 amide bonds. The van der Waals surface area contributed by atoms with E-state index in [0.717, 1.165) is 102 Å². The van der Waals surface area contributed by atoms with E-state index in [1.54, 1.807) is 48.5 Å². The molecule has 2 N–H and O–H groups in total. The van der Waals surface area contributed by atoms with E-state index in [-0.39, 0.29) is 0 Å². The molecule has 0 aliphatic carbocycles. The maximum Gasteiger partial charge on any atom is 0.187 e. The van der Waals surface area contributed by atoms with Crippen LogP contribution in [0.1, 0.15) is 24.8 Å². The molecule has 3 aromatic rings. The van der Waals surface area contributed by atoms with Crippen LogP contribution in [-0.2, 0) is 0 Å². The number of halogens is 1. The summed E-state index contributed by atoms with van der Waals surface area (Å²) >= 11 is 5.50. The Morgan fingerprint density at radius 2 is 0.980 bits per heavy atom. The number of nitriles is 1. The van der Waals surface area contributed by atoms with Gasteiger partial charge in [-0.05, 0) is 67.8 Å². The summed E-state index contributed by atoms with van der Waals surface area (Å²) in [6, 6.07) is 23.7. The number of nitrogens with zero attached hydrogens (tertiary/aromatic N) is 5. The van der Waals surface area contributed by atoms with Gasteiger partial charge in [-0.25, -0.2) is 9.69 Å². The highest BCUT2D eigenvalue weighted by atomic mass is 35.5. The molecule has 2 fully saturated rings. The first-order valence-corrected chi connectivity index (χ1v) is 17.4. The van der Waals surface area contributed by atoms with Crippen LogP contribution in [0.15, 0.2) is 72.8 Å². The summed E-state index contributed by atoms with van der Waals surface area (Å²) in [6.07, 6.45) is 2.84. The van der Waals surface area contributed by atoms with Gasteiger partial charge in [0.1, 0.15) is 17.2 Å². The van der Waals surface area contributed by atoms with Crippen LogP contribution in [0, 0.1) is 24.5 Å². The van der Waals surface area contributed by atoms with Gasteiger partial charge in [0.05, 0.1) is 44.6 Å². The zero-order chi connectivity index (χ0) is 34.8. The Hall–Kier alpha value is -4.34. The molecule has 2 heterocycles. The maximum atomic E-state index is 8.82. The van der Waals surface area contributed by atoms with Crippen LogP contribution < -0.4 is 24.8 Å². The van der Waals surface area contributed by atoms with Gasteiger partial charge in [0.2, 0.25) is 0 Å². The van der Waals surface area contributed by atoms with Gasteiger partial charge in [-0.3, -0.25) is 0 Å². The molecule has 260 valence electrons. The van der Waals surface area contributed by atoms with E-state index < -0.39 is 0 Å². The Bertz CT molecular complexity index is 1340. The molecule has 2 saturated heterocycles. The molecule has 0 saturated carbocycles. The van der Waals surface area contributed by atoms with E-state index in [9.17, 15) is 0 Å². The first-order chi connectivity index (χ1) is 24.1. The number of rotatable bonds is 14. The Kier molecular flexibility index (Phi) is 19.8. The lowest BCUT2D eigenvalue weighted by Crippen LogP contribution is -2.47. The predicted molar refractivity (Wildman–Crippen MR) is 196 cm³/mol. The minimum absolute atomic E-state index is 0.611. The molecule has 0 atom stereocenters. The molecular weight excluding hydrogens is 638 g/mol. The topological polar surface area (TPSA) is 90.7 Å². The molecule has 49 heavy (non-hydrogen) atoms. The van der Waals surface area contributed by atoms with Crippen molar-refractivity contribution in [3.63, 3.8) is 0 Å². The van der Waals surface area contributed by atoms with Crippen molar-refractivity contribution in [3.8, 4) is 23.3 Å². The van der Waals surface area contributed by atoms with Gasteiger partial charge in [-0.15, -0.1) is 11.6 Å². The number of hydrogen-bond acceptors (Lipinski definition) is 8. The minimum Gasteiger partial charge on any atom is -0.494 e. The lowest BCUT2D eigenvalue weighted by atomic mass is 10.2. The summed E-state index contributed by atoms with van der Waals surface area (Å²) in [5, 5.41) is 15.3. The maximum absolute atomic E-state index is 8.82. The van der Waals surface area contributed by atoms with Crippen LogP contribution in [0.4, 0.5) is 11.4 Å². The fourth-order valence-electron chi connectivity index (χ4n) is 4.90. The first kappa shape index (κ1) is 39.1. The number of ether oxygens (including phenoxy) is 3. The van der Waals surface area contributed by atoms with E-state index in [1.165, 1.54) is 0 Å². The van der Waals surface area contributed by atoms with Crippen molar-refractivity contribution in [3.05, 3.63) is 101 Å². The number of alkyl halides is 1. The number of nitrogens with one attached hydrogen (secondary N) is 2. The summed E-state index contributed by atoms with van der Waals surface area (Å²) in [5.41, 5.74) is 1.92. The van der Waals surface area contributed by atoms with Gasteiger partial charge < -0.3 is 34.6 Å². The molecule has 11 heteroatoms. The van der Waals surface area contributed by atoms with Crippen molar-refractivity contribution in [1.82, 2.24) is 20.4 Å². The lowest BCUT2D eigenvalue weighted by Gasteiger charge is -2.34. The Morgan fingerprint density at radius 1 is 0.612 bits per heavy atom. The van der Waals surface area contributed by atoms with E-state index >= 15 is 0 Å². The number of benzene rings is 3. The highest BCUT2D eigenvalue weighted by molar-refractivity contribution is 6.17. The molecule has 2 aliphatic rings. The molecule has 0 aromatic heterocycles. The average molecular weight is 686 g/mol. The summed E-state index contributed by atoms with van der Waals surface area (Å²) in [4.78, 5) is 11.7. The third kappa shape index (κ3) is 17.1. The second-order valence-electron chi connectivity index (χ2n) is 11.3. The second-order valence-corrected chi connectivity index (χ2v) is 11.7. The SMILES string of the molecule is C1CNCCN1.[C-]#[N+]c1ccc(OCCCCl)cc1.[C-]#[N+]c1ccc(OCCCN2CCN(CCCOc3ccc(C#N)cc3)CC2)cc1. The second kappa shape index (κ2) is 24.7. The smallest absolute Gasteiger partial charge is 0.187 e. The fraction of sp³-hybridized carbons (Fsp3) is 0.447. The van der Waals surface area contributed by atoms with Crippen molar-refractivity contribution in [1.29, 1.82) is 5.26 Å². The van der Waals surface area contributed by atoms with Crippen LogP contribution in [0.2, 0.25) is 0 Å². The number of hydrogen-bond donors (Lipinski definition) is 2. The Balaban J connectivity index is 0.000000279. The van der Waals surface area contributed by atoms with Gasteiger partial charge >= 0.3 is 0 Å². The third-order valence-electron chi connectivity index (χ3n) is 7.66. The molecule has 10 nitrogen and oxygen atoms in total. The van der Waals surface area contributed by atoms with E-state index in [0.29, 0.717) is 42.6 Å². The zero-order valence-corrected chi connectivity index (χ0v) is 29.0. The third-order valence-corrected chi connectivity index (χ3v) is 7.93. The Labute approximate surface area is 297 Å². The van der Waals surface area contributed by atoms with Gasteiger partial charge in [0, 0.05) is 71.3 Å². The minimum atomic E-state index is 0.611.